The summed E-state index contributed by atoms with van der Waals surface area (Å²) < 4.78 is 32.6. The summed E-state index contributed by atoms with van der Waals surface area (Å²) in [5.41, 5.74) is 1.50. The molecule has 0 saturated heterocycles. The van der Waals surface area contributed by atoms with Crippen molar-refractivity contribution < 1.29 is 13.2 Å². The monoisotopic (exact) mass is 285 g/mol. The third-order valence-corrected chi connectivity index (χ3v) is 5.02. The van der Waals surface area contributed by atoms with Crippen LogP contribution in [0.25, 0.3) is 0 Å². The van der Waals surface area contributed by atoms with Crippen molar-refractivity contribution in [3.05, 3.63) is 23.3 Å². The zero-order valence-corrected chi connectivity index (χ0v) is 13.3. The van der Waals surface area contributed by atoms with E-state index in [9.17, 15) is 8.42 Å². The van der Waals surface area contributed by atoms with E-state index in [1.807, 2.05) is 27.7 Å². The Hall–Kier alpha value is -1.07. The highest BCUT2D eigenvalue weighted by Crippen LogP contribution is 2.25. The lowest BCUT2D eigenvalue weighted by atomic mass is 10.1. The van der Waals surface area contributed by atoms with Gasteiger partial charge in [-0.05, 0) is 49.9 Å². The van der Waals surface area contributed by atoms with E-state index in [0.29, 0.717) is 16.2 Å². The van der Waals surface area contributed by atoms with Crippen LogP contribution in [-0.4, -0.2) is 21.6 Å². The first-order valence-electron chi connectivity index (χ1n) is 6.36. The number of nitrogens with one attached hydrogen (secondary N) is 1. The second kappa shape index (κ2) is 5.92. The molecule has 0 radical (unpaired) electrons. The van der Waals surface area contributed by atoms with Crippen molar-refractivity contribution in [2.24, 2.45) is 5.92 Å². The van der Waals surface area contributed by atoms with E-state index >= 15 is 0 Å². The van der Waals surface area contributed by atoms with Crippen LogP contribution in [0.1, 0.15) is 31.9 Å². The van der Waals surface area contributed by atoms with E-state index in [2.05, 4.69) is 4.72 Å². The Morgan fingerprint density at radius 2 is 1.68 bits per heavy atom. The van der Waals surface area contributed by atoms with Gasteiger partial charge in [-0.2, -0.15) is 0 Å². The van der Waals surface area contributed by atoms with Crippen molar-refractivity contribution in [1.82, 2.24) is 4.72 Å². The smallest absolute Gasteiger partial charge is 0.241 e. The molecule has 108 valence electrons. The number of rotatable bonds is 5. The fourth-order valence-electron chi connectivity index (χ4n) is 1.72. The molecular weight excluding hydrogens is 262 g/mol. The third kappa shape index (κ3) is 3.70. The van der Waals surface area contributed by atoms with E-state index < -0.39 is 10.0 Å². The van der Waals surface area contributed by atoms with Crippen LogP contribution < -0.4 is 9.46 Å². The summed E-state index contributed by atoms with van der Waals surface area (Å²) in [6, 6.07) is 3.31. The van der Waals surface area contributed by atoms with Crippen LogP contribution in [0.3, 0.4) is 0 Å². The highest BCUT2D eigenvalue weighted by molar-refractivity contribution is 7.89. The Labute approximate surface area is 116 Å². The van der Waals surface area contributed by atoms with Crippen LogP contribution in [-0.2, 0) is 10.0 Å². The van der Waals surface area contributed by atoms with Gasteiger partial charge < -0.3 is 4.74 Å². The van der Waals surface area contributed by atoms with E-state index in [1.165, 1.54) is 0 Å². The maximum atomic E-state index is 12.4. The van der Waals surface area contributed by atoms with Gasteiger partial charge >= 0.3 is 0 Å². The maximum Gasteiger partial charge on any atom is 0.241 e. The summed E-state index contributed by atoms with van der Waals surface area (Å²) in [7, 11) is -1.91. The minimum absolute atomic E-state index is 0.105. The molecule has 1 aromatic carbocycles. The van der Waals surface area contributed by atoms with Gasteiger partial charge in [0.2, 0.25) is 10.0 Å². The van der Waals surface area contributed by atoms with Gasteiger partial charge in [-0.15, -0.1) is 0 Å². The van der Waals surface area contributed by atoms with Gasteiger partial charge in [0.1, 0.15) is 5.75 Å². The second-order valence-corrected chi connectivity index (χ2v) is 6.92. The molecule has 1 N–H and O–H groups in total. The lowest BCUT2D eigenvalue weighted by Gasteiger charge is -2.19. The quantitative estimate of drug-likeness (QED) is 0.905. The maximum absolute atomic E-state index is 12.4. The molecule has 0 unspecified atom stereocenters. The van der Waals surface area contributed by atoms with Crippen molar-refractivity contribution in [2.45, 2.75) is 45.6 Å². The molecule has 1 rings (SSSR count). The lowest BCUT2D eigenvalue weighted by Crippen LogP contribution is -2.36. The SMILES string of the molecule is COc1cc(C)c(S(=O)(=O)N[C@H](C)C(C)C)cc1C. The Kier molecular flexibility index (Phi) is 4.98. The molecule has 0 fully saturated rings. The van der Waals surface area contributed by atoms with Gasteiger partial charge in [0.15, 0.2) is 0 Å². The number of hydrogen-bond donors (Lipinski definition) is 1. The molecule has 4 nitrogen and oxygen atoms in total. The van der Waals surface area contributed by atoms with Crippen LogP contribution in [0.5, 0.6) is 5.75 Å². The molecule has 0 amide bonds. The third-order valence-electron chi connectivity index (χ3n) is 3.32. The molecule has 0 aliphatic carbocycles. The molecule has 0 aromatic heterocycles. The number of ether oxygens (including phenoxy) is 1. The fourth-order valence-corrected chi connectivity index (χ4v) is 3.42. The normalized spacial score (nSPS) is 13.6. The van der Waals surface area contributed by atoms with E-state index in [-0.39, 0.29) is 12.0 Å². The molecule has 0 spiro atoms. The predicted octanol–water partition coefficient (Wildman–Crippen LogP) is 2.63. The topological polar surface area (TPSA) is 55.4 Å². The fraction of sp³-hybridized carbons (Fsp3) is 0.571. The van der Waals surface area contributed by atoms with Gasteiger partial charge in [-0.1, -0.05) is 13.8 Å². The van der Waals surface area contributed by atoms with Crippen LogP contribution in [0.15, 0.2) is 17.0 Å². The number of methoxy groups -OCH3 is 1. The minimum Gasteiger partial charge on any atom is -0.496 e. The summed E-state index contributed by atoms with van der Waals surface area (Å²) in [6.07, 6.45) is 0. The first kappa shape index (κ1) is 16.0. The van der Waals surface area contributed by atoms with E-state index in [4.69, 9.17) is 4.74 Å². The van der Waals surface area contributed by atoms with Gasteiger partial charge in [-0.25, -0.2) is 13.1 Å². The number of hydrogen-bond acceptors (Lipinski definition) is 3. The van der Waals surface area contributed by atoms with Crippen molar-refractivity contribution in [3.8, 4) is 5.75 Å². The summed E-state index contributed by atoms with van der Waals surface area (Å²) in [6.45, 7) is 9.45. The highest BCUT2D eigenvalue weighted by Gasteiger charge is 2.22. The Morgan fingerprint density at radius 3 is 2.16 bits per heavy atom. The molecule has 1 aromatic rings. The standard InChI is InChI=1S/C14H23NO3S/c1-9(2)12(5)15-19(16,17)14-8-10(3)13(18-6)7-11(14)4/h7-9,12,15H,1-6H3/t12-/m1/s1. The summed E-state index contributed by atoms with van der Waals surface area (Å²) in [5.74, 6) is 0.947. The van der Waals surface area contributed by atoms with Gasteiger partial charge in [0, 0.05) is 6.04 Å². The summed E-state index contributed by atoms with van der Waals surface area (Å²) in [4.78, 5) is 0.318. The van der Waals surface area contributed by atoms with E-state index in [0.717, 1.165) is 5.56 Å². The molecule has 19 heavy (non-hydrogen) atoms. The van der Waals surface area contributed by atoms with Crippen molar-refractivity contribution in [2.75, 3.05) is 7.11 Å². The zero-order valence-electron chi connectivity index (χ0n) is 12.4. The zero-order chi connectivity index (χ0) is 14.8. The van der Waals surface area contributed by atoms with Crippen LogP contribution in [0.4, 0.5) is 0 Å². The Morgan fingerprint density at radius 1 is 1.11 bits per heavy atom. The Bertz CT molecular complexity index is 550. The number of benzene rings is 1. The molecular formula is C14H23NO3S. The molecule has 0 aliphatic rings. The van der Waals surface area contributed by atoms with Crippen LogP contribution >= 0.6 is 0 Å². The average Bonchev–Trinajstić information content (AvgIpc) is 2.30. The second-order valence-electron chi connectivity index (χ2n) is 5.24. The summed E-state index contributed by atoms with van der Waals surface area (Å²) >= 11 is 0. The average molecular weight is 285 g/mol. The van der Waals surface area contributed by atoms with Crippen LogP contribution in [0.2, 0.25) is 0 Å². The molecule has 1 atom stereocenters. The number of sulfonamides is 1. The minimum atomic E-state index is -3.49. The first-order valence-corrected chi connectivity index (χ1v) is 7.85. The number of aryl methyl sites for hydroxylation is 2. The van der Waals surface area contributed by atoms with E-state index in [1.54, 1.807) is 26.2 Å². The van der Waals surface area contributed by atoms with Crippen molar-refractivity contribution in [3.63, 3.8) is 0 Å². The van der Waals surface area contributed by atoms with Crippen molar-refractivity contribution in [1.29, 1.82) is 0 Å². The molecule has 0 heterocycles. The van der Waals surface area contributed by atoms with Gasteiger partial charge in [0.25, 0.3) is 0 Å². The Balaban J connectivity index is 3.19. The lowest BCUT2D eigenvalue weighted by molar-refractivity contribution is 0.410. The molecule has 5 heteroatoms. The first-order chi connectivity index (χ1) is 8.69. The van der Waals surface area contributed by atoms with Crippen LogP contribution in [0, 0.1) is 19.8 Å². The largest absolute Gasteiger partial charge is 0.496 e. The van der Waals surface area contributed by atoms with Gasteiger partial charge in [0.05, 0.1) is 12.0 Å². The molecule has 0 bridgehead atoms. The van der Waals surface area contributed by atoms with Crippen molar-refractivity contribution >= 4 is 10.0 Å². The predicted molar refractivity (Wildman–Crippen MR) is 77.1 cm³/mol. The summed E-state index contributed by atoms with van der Waals surface area (Å²) in [5, 5.41) is 0. The highest BCUT2D eigenvalue weighted by atomic mass is 32.2. The van der Waals surface area contributed by atoms with Gasteiger partial charge in [-0.3, -0.25) is 0 Å². The molecule has 0 saturated carbocycles. The molecule has 0 aliphatic heterocycles.